The summed E-state index contributed by atoms with van der Waals surface area (Å²) in [6.07, 6.45) is 44.7. The Morgan fingerprint density at radius 2 is 0.711 bits per heavy atom. The minimum atomic E-state index is -0.650. The Balaban J connectivity index is 3.40. The maximum Gasteiger partial charge on any atom is 0.220 e. The van der Waals surface area contributed by atoms with E-state index < -0.39 is 12.1 Å². The van der Waals surface area contributed by atoms with Crippen LogP contribution in [0.4, 0.5) is 0 Å². The topological polar surface area (TPSA) is 69.6 Å². The molecule has 45 heavy (non-hydrogen) atoms. The summed E-state index contributed by atoms with van der Waals surface area (Å²) >= 11 is 0. The second-order valence-corrected chi connectivity index (χ2v) is 14.4. The van der Waals surface area contributed by atoms with E-state index in [-0.39, 0.29) is 12.5 Å². The molecule has 0 rings (SSSR count). The predicted molar refractivity (Wildman–Crippen MR) is 198 cm³/mol. The van der Waals surface area contributed by atoms with E-state index in [1.807, 2.05) is 0 Å². The molecule has 0 aromatic heterocycles. The molecular weight excluding hydrogens is 554 g/mol. The standard InChI is InChI=1S/C41H83NO3/c1-3-5-7-9-11-13-14-15-16-17-18-19-20-21-22-23-24-25-26-27-29-31-33-35-37-41(45)42-39(38-43)40(44)36-34-32-30-28-12-10-8-6-4-2/h39-40,43-44H,3-38H2,1-2H3,(H,42,45). The fourth-order valence-corrected chi connectivity index (χ4v) is 6.66. The van der Waals surface area contributed by atoms with Crippen LogP contribution in [0.15, 0.2) is 0 Å². The van der Waals surface area contributed by atoms with Crippen LogP contribution < -0.4 is 5.32 Å². The van der Waals surface area contributed by atoms with Crippen molar-refractivity contribution in [1.29, 1.82) is 0 Å². The van der Waals surface area contributed by atoms with Crippen LogP contribution in [-0.4, -0.2) is 34.9 Å². The van der Waals surface area contributed by atoms with Gasteiger partial charge in [0.05, 0.1) is 18.8 Å². The summed E-state index contributed by atoms with van der Waals surface area (Å²) in [5.74, 6) is -0.0287. The molecule has 0 bridgehead atoms. The molecule has 0 heterocycles. The first-order valence-corrected chi connectivity index (χ1v) is 20.7. The average molecular weight is 638 g/mol. The maximum absolute atomic E-state index is 12.3. The van der Waals surface area contributed by atoms with E-state index in [1.54, 1.807) is 0 Å². The lowest BCUT2D eigenvalue weighted by molar-refractivity contribution is -0.123. The van der Waals surface area contributed by atoms with Crippen LogP contribution in [-0.2, 0) is 4.79 Å². The Morgan fingerprint density at radius 1 is 0.444 bits per heavy atom. The van der Waals surface area contributed by atoms with Gasteiger partial charge < -0.3 is 15.5 Å². The molecule has 0 aromatic carbocycles. The molecule has 3 N–H and O–H groups in total. The molecule has 0 saturated heterocycles. The second kappa shape index (κ2) is 37.8. The summed E-state index contributed by atoms with van der Waals surface area (Å²) in [6.45, 7) is 4.35. The van der Waals surface area contributed by atoms with Gasteiger partial charge >= 0.3 is 0 Å². The summed E-state index contributed by atoms with van der Waals surface area (Å²) in [6, 6.07) is -0.527. The van der Waals surface area contributed by atoms with Gasteiger partial charge in [0.1, 0.15) is 0 Å². The summed E-state index contributed by atoms with van der Waals surface area (Å²) in [4.78, 5) is 12.3. The first-order valence-electron chi connectivity index (χ1n) is 20.7. The van der Waals surface area contributed by atoms with Crippen molar-refractivity contribution in [1.82, 2.24) is 5.32 Å². The highest BCUT2D eigenvalue weighted by Crippen LogP contribution is 2.16. The lowest BCUT2D eigenvalue weighted by Crippen LogP contribution is -2.45. The minimum Gasteiger partial charge on any atom is -0.394 e. The largest absolute Gasteiger partial charge is 0.394 e. The third kappa shape index (κ3) is 34.5. The third-order valence-corrected chi connectivity index (χ3v) is 9.87. The second-order valence-electron chi connectivity index (χ2n) is 14.4. The van der Waals surface area contributed by atoms with Crippen LogP contribution >= 0.6 is 0 Å². The van der Waals surface area contributed by atoms with Gasteiger partial charge in [-0.3, -0.25) is 4.79 Å². The number of carbonyl (C=O) groups is 1. The van der Waals surface area contributed by atoms with E-state index in [2.05, 4.69) is 19.2 Å². The highest BCUT2D eigenvalue weighted by Gasteiger charge is 2.19. The first kappa shape index (κ1) is 44.4. The number of hydrogen-bond donors (Lipinski definition) is 3. The maximum atomic E-state index is 12.3. The van der Waals surface area contributed by atoms with Gasteiger partial charge in [-0.2, -0.15) is 0 Å². The zero-order valence-electron chi connectivity index (χ0n) is 30.9. The summed E-state index contributed by atoms with van der Waals surface area (Å²) in [5, 5.41) is 23.0. The summed E-state index contributed by atoms with van der Waals surface area (Å²) in [5.41, 5.74) is 0. The average Bonchev–Trinajstić information content (AvgIpc) is 3.04. The van der Waals surface area contributed by atoms with E-state index in [9.17, 15) is 15.0 Å². The lowest BCUT2D eigenvalue weighted by Gasteiger charge is -2.22. The normalized spacial score (nSPS) is 12.9. The van der Waals surface area contributed by atoms with Crippen LogP contribution in [0.5, 0.6) is 0 Å². The van der Waals surface area contributed by atoms with Crippen molar-refractivity contribution in [3.63, 3.8) is 0 Å². The van der Waals surface area contributed by atoms with Gasteiger partial charge in [0.15, 0.2) is 0 Å². The fraction of sp³-hybridized carbons (Fsp3) is 0.976. The van der Waals surface area contributed by atoms with Gasteiger partial charge in [0.25, 0.3) is 0 Å². The zero-order chi connectivity index (χ0) is 32.9. The Bertz CT molecular complexity index is 569. The SMILES string of the molecule is CCCCCCCCCCCCCCCCCCCCCCCCCCC(=O)NC(CO)C(O)CCCCCCCCCCC. The molecule has 1 amide bonds. The number of amides is 1. The van der Waals surface area contributed by atoms with Crippen molar-refractivity contribution in [2.24, 2.45) is 0 Å². The monoisotopic (exact) mass is 638 g/mol. The smallest absolute Gasteiger partial charge is 0.220 e. The summed E-state index contributed by atoms with van der Waals surface area (Å²) in [7, 11) is 0. The minimum absolute atomic E-state index is 0.0287. The first-order chi connectivity index (χ1) is 22.2. The van der Waals surface area contributed by atoms with Gasteiger partial charge in [-0.05, 0) is 12.8 Å². The molecule has 0 saturated carbocycles. The van der Waals surface area contributed by atoms with Crippen LogP contribution in [0.25, 0.3) is 0 Å². The highest BCUT2D eigenvalue weighted by atomic mass is 16.3. The van der Waals surface area contributed by atoms with Crippen LogP contribution in [0.1, 0.15) is 239 Å². The molecule has 0 aliphatic carbocycles. The zero-order valence-corrected chi connectivity index (χ0v) is 30.9. The molecule has 0 aromatic rings. The molecule has 4 heteroatoms. The van der Waals surface area contributed by atoms with Crippen LogP contribution in [0, 0.1) is 0 Å². The van der Waals surface area contributed by atoms with Crippen molar-refractivity contribution in [3.8, 4) is 0 Å². The number of rotatable bonds is 38. The number of aliphatic hydroxyl groups is 2. The molecule has 2 atom stereocenters. The van der Waals surface area contributed by atoms with E-state index >= 15 is 0 Å². The van der Waals surface area contributed by atoms with E-state index in [4.69, 9.17) is 0 Å². The number of nitrogens with one attached hydrogen (secondary N) is 1. The number of unbranched alkanes of at least 4 members (excludes halogenated alkanes) is 31. The molecule has 270 valence electrons. The molecule has 0 fully saturated rings. The van der Waals surface area contributed by atoms with E-state index in [1.165, 1.54) is 186 Å². The van der Waals surface area contributed by atoms with Crippen molar-refractivity contribution in [2.75, 3.05) is 6.61 Å². The molecule has 0 spiro atoms. The Hall–Kier alpha value is -0.610. The Labute approximate surface area is 283 Å². The third-order valence-electron chi connectivity index (χ3n) is 9.87. The summed E-state index contributed by atoms with van der Waals surface area (Å²) < 4.78 is 0. The van der Waals surface area contributed by atoms with Gasteiger partial charge in [-0.1, -0.05) is 219 Å². The van der Waals surface area contributed by atoms with Crippen LogP contribution in [0.2, 0.25) is 0 Å². The Kier molecular flexibility index (Phi) is 37.3. The van der Waals surface area contributed by atoms with Gasteiger partial charge in [-0.15, -0.1) is 0 Å². The molecule has 0 radical (unpaired) electrons. The van der Waals surface area contributed by atoms with Crippen molar-refractivity contribution < 1.29 is 15.0 Å². The lowest BCUT2D eigenvalue weighted by atomic mass is 10.0. The molecule has 2 unspecified atom stereocenters. The van der Waals surface area contributed by atoms with E-state index in [0.717, 1.165) is 25.7 Å². The predicted octanol–water partition coefficient (Wildman–Crippen LogP) is 12.5. The number of carbonyl (C=O) groups excluding carboxylic acids is 1. The number of hydrogen-bond acceptors (Lipinski definition) is 3. The number of aliphatic hydroxyl groups excluding tert-OH is 2. The van der Waals surface area contributed by atoms with Gasteiger partial charge in [0, 0.05) is 6.42 Å². The van der Waals surface area contributed by atoms with Gasteiger partial charge in [0.2, 0.25) is 5.91 Å². The molecule has 0 aliphatic heterocycles. The molecule has 0 aliphatic rings. The van der Waals surface area contributed by atoms with Crippen LogP contribution in [0.3, 0.4) is 0 Å². The van der Waals surface area contributed by atoms with Crippen molar-refractivity contribution in [2.45, 2.75) is 251 Å². The molecule has 4 nitrogen and oxygen atoms in total. The Morgan fingerprint density at radius 3 is 1.00 bits per heavy atom. The van der Waals surface area contributed by atoms with Crippen molar-refractivity contribution >= 4 is 5.91 Å². The molecular formula is C41H83NO3. The fourth-order valence-electron chi connectivity index (χ4n) is 6.66. The van der Waals surface area contributed by atoms with E-state index in [0.29, 0.717) is 12.8 Å². The van der Waals surface area contributed by atoms with Crippen molar-refractivity contribution in [3.05, 3.63) is 0 Å². The van der Waals surface area contributed by atoms with Gasteiger partial charge in [-0.25, -0.2) is 0 Å². The quantitative estimate of drug-likeness (QED) is 0.0590. The highest BCUT2D eigenvalue weighted by molar-refractivity contribution is 5.76.